The Morgan fingerprint density at radius 2 is 1.71 bits per heavy atom. The minimum Gasteiger partial charge on any atom is -0.507 e. The summed E-state index contributed by atoms with van der Waals surface area (Å²) >= 11 is 0. The summed E-state index contributed by atoms with van der Waals surface area (Å²) in [5.74, 6) is 0.987. The van der Waals surface area contributed by atoms with Crippen LogP contribution >= 0.6 is 0 Å². The Morgan fingerprint density at radius 3 is 2.45 bits per heavy atom. The van der Waals surface area contributed by atoms with Crippen LogP contribution in [0, 0.1) is 0 Å². The summed E-state index contributed by atoms with van der Waals surface area (Å²) in [4.78, 5) is 0. The molecule has 31 heavy (non-hydrogen) atoms. The molecule has 0 fully saturated rings. The average molecular weight is 415 g/mol. The maximum atomic E-state index is 10.5. The van der Waals surface area contributed by atoms with Gasteiger partial charge in [-0.05, 0) is 88.8 Å². The number of fused-ring (bicyclic) bond motifs is 1. The minimum absolute atomic E-state index is 0.249. The van der Waals surface area contributed by atoms with Crippen molar-refractivity contribution in [1.29, 1.82) is 0 Å². The molecule has 0 bridgehead atoms. The monoisotopic (exact) mass is 414 g/mol. The number of ether oxygens (including phenoxy) is 1. The van der Waals surface area contributed by atoms with Crippen LogP contribution in [-0.4, -0.2) is 10.7 Å². The molecular formula is C29H34O2. The molecule has 3 rings (SSSR count). The van der Waals surface area contributed by atoms with Gasteiger partial charge in [-0.1, -0.05) is 65.8 Å². The van der Waals surface area contributed by atoms with Crippen LogP contribution in [0.15, 0.2) is 71.8 Å². The van der Waals surface area contributed by atoms with E-state index < -0.39 is 0 Å². The van der Waals surface area contributed by atoms with E-state index in [0.29, 0.717) is 0 Å². The fourth-order valence-corrected chi connectivity index (χ4v) is 3.71. The van der Waals surface area contributed by atoms with Crippen LogP contribution in [0.1, 0.15) is 70.1 Å². The van der Waals surface area contributed by atoms with Crippen molar-refractivity contribution in [3.05, 3.63) is 88.5 Å². The summed E-state index contributed by atoms with van der Waals surface area (Å²) in [6, 6.07) is 13.9. The van der Waals surface area contributed by atoms with Crippen molar-refractivity contribution in [2.75, 3.05) is 0 Å². The third kappa shape index (κ3) is 6.75. The highest BCUT2D eigenvalue weighted by Gasteiger charge is 2.28. The van der Waals surface area contributed by atoms with E-state index in [9.17, 15) is 5.11 Å². The van der Waals surface area contributed by atoms with Crippen LogP contribution in [0.4, 0.5) is 0 Å². The van der Waals surface area contributed by atoms with Crippen LogP contribution in [0.2, 0.25) is 0 Å². The fraction of sp³-hybridized carbons (Fsp3) is 0.310. The standard InChI is InChI=1S/C29H34O2/c1-22(2)10-8-11-23(3)12-9-18-29(4)19-17-26-27(30)20-25(21-28(26)31-29)16-15-24-13-6-5-7-14-24/h5-7,10,12-17,19-21,30H,8-9,11,18H2,1-4H3/b16-15+,23-12+. The molecule has 1 heterocycles. The first-order valence-corrected chi connectivity index (χ1v) is 11.1. The summed E-state index contributed by atoms with van der Waals surface area (Å²) in [5.41, 5.74) is 5.22. The van der Waals surface area contributed by atoms with Crippen molar-refractivity contribution >= 4 is 18.2 Å². The molecule has 0 aliphatic carbocycles. The molecule has 1 atom stereocenters. The van der Waals surface area contributed by atoms with Crippen molar-refractivity contribution in [1.82, 2.24) is 0 Å². The van der Waals surface area contributed by atoms with Gasteiger partial charge in [-0.15, -0.1) is 0 Å². The molecule has 2 aromatic carbocycles. The van der Waals surface area contributed by atoms with E-state index in [2.05, 4.69) is 58.1 Å². The highest BCUT2D eigenvalue weighted by Crippen LogP contribution is 2.39. The smallest absolute Gasteiger partial charge is 0.132 e. The summed E-state index contributed by atoms with van der Waals surface area (Å²) < 4.78 is 6.37. The second-order valence-corrected chi connectivity index (χ2v) is 8.85. The van der Waals surface area contributed by atoms with Gasteiger partial charge in [-0.25, -0.2) is 0 Å². The van der Waals surface area contributed by atoms with Crippen molar-refractivity contribution in [3.63, 3.8) is 0 Å². The zero-order valence-corrected chi connectivity index (χ0v) is 19.2. The van der Waals surface area contributed by atoms with E-state index in [-0.39, 0.29) is 11.4 Å². The van der Waals surface area contributed by atoms with Crippen molar-refractivity contribution in [2.24, 2.45) is 0 Å². The van der Waals surface area contributed by atoms with Crippen molar-refractivity contribution in [3.8, 4) is 11.5 Å². The zero-order chi connectivity index (χ0) is 22.3. The predicted octanol–water partition coefficient (Wildman–Crippen LogP) is 8.20. The first-order valence-electron chi connectivity index (χ1n) is 11.1. The molecule has 0 radical (unpaired) electrons. The van der Waals surface area contributed by atoms with E-state index in [1.54, 1.807) is 6.07 Å². The largest absolute Gasteiger partial charge is 0.507 e. The Bertz CT molecular complexity index is 1000. The van der Waals surface area contributed by atoms with Crippen LogP contribution in [-0.2, 0) is 0 Å². The number of aromatic hydroxyl groups is 1. The summed E-state index contributed by atoms with van der Waals surface area (Å²) in [5, 5.41) is 10.5. The third-order valence-corrected chi connectivity index (χ3v) is 5.58. The molecule has 0 aromatic heterocycles. The second-order valence-electron chi connectivity index (χ2n) is 8.85. The van der Waals surface area contributed by atoms with Gasteiger partial charge in [0.1, 0.15) is 17.1 Å². The van der Waals surface area contributed by atoms with Crippen molar-refractivity contribution < 1.29 is 9.84 Å². The minimum atomic E-state index is -0.377. The highest BCUT2D eigenvalue weighted by molar-refractivity contribution is 5.75. The number of phenols is 1. The molecule has 2 heteroatoms. The van der Waals surface area contributed by atoms with Gasteiger partial charge in [0, 0.05) is 0 Å². The summed E-state index contributed by atoms with van der Waals surface area (Å²) in [6.45, 7) is 8.61. The number of phenolic OH excluding ortho intramolecular Hbond substituents is 1. The zero-order valence-electron chi connectivity index (χ0n) is 19.2. The second kappa shape index (κ2) is 10.3. The van der Waals surface area contributed by atoms with E-state index in [0.717, 1.165) is 48.1 Å². The average Bonchev–Trinajstić information content (AvgIpc) is 2.72. The van der Waals surface area contributed by atoms with Gasteiger partial charge in [0.2, 0.25) is 0 Å². The summed E-state index contributed by atoms with van der Waals surface area (Å²) in [7, 11) is 0. The highest BCUT2D eigenvalue weighted by atomic mass is 16.5. The van der Waals surface area contributed by atoms with Crippen LogP contribution in [0.3, 0.4) is 0 Å². The molecule has 1 unspecified atom stereocenters. The lowest BCUT2D eigenvalue weighted by Gasteiger charge is -2.32. The lowest BCUT2D eigenvalue weighted by Crippen LogP contribution is -2.31. The maximum Gasteiger partial charge on any atom is 0.132 e. The number of rotatable bonds is 8. The molecule has 1 N–H and O–H groups in total. The van der Waals surface area contributed by atoms with E-state index in [1.165, 1.54) is 11.1 Å². The molecule has 2 aromatic rings. The molecule has 2 nitrogen and oxygen atoms in total. The molecular weight excluding hydrogens is 380 g/mol. The van der Waals surface area contributed by atoms with Gasteiger partial charge in [-0.3, -0.25) is 0 Å². The van der Waals surface area contributed by atoms with E-state index >= 15 is 0 Å². The Hall–Kier alpha value is -3.00. The number of hydrogen-bond donors (Lipinski definition) is 1. The first-order chi connectivity index (χ1) is 14.8. The molecule has 0 spiro atoms. The lowest BCUT2D eigenvalue weighted by atomic mass is 9.93. The van der Waals surface area contributed by atoms with Crippen LogP contribution < -0.4 is 4.74 Å². The van der Waals surface area contributed by atoms with Gasteiger partial charge in [0.15, 0.2) is 0 Å². The molecule has 1 aliphatic rings. The third-order valence-electron chi connectivity index (χ3n) is 5.58. The normalized spacial score (nSPS) is 18.0. The molecule has 162 valence electrons. The van der Waals surface area contributed by atoms with Gasteiger partial charge >= 0.3 is 0 Å². The number of allylic oxidation sites excluding steroid dienone is 4. The Labute approximate surface area is 187 Å². The fourth-order valence-electron chi connectivity index (χ4n) is 3.71. The molecule has 0 amide bonds. The van der Waals surface area contributed by atoms with Crippen molar-refractivity contribution in [2.45, 2.75) is 59.0 Å². The molecule has 1 aliphatic heterocycles. The lowest BCUT2D eigenvalue weighted by molar-refractivity contribution is 0.128. The Kier molecular flexibility index (Phi) is 7.57. The number of hydrogen-bond acceptors (Lipinski definition) is 2. The molecule has 0 saturated carbocycles. The van der Waals surface area contributed by atoms with E-state index in [4.69, 9.17) is 4.74 Å². The Balaban J connectivity index is 1.66. The van der Waals surface area contributed by atoms with Gasteiger partial charge in [-0.2, -0.15) is 0 Å². The summed E-state index contributed by atoms with van der Waals surface area (Å²) in [6.07, 6.45) is 16.8. The van der Waals surface area contributed by atoms with Crippen LogP contribution in [0.25, 0.3) is 18.2 Å². The maximum absolute atomic E-state index is 10.5. The Morgan fingerprint density at radius 1 is 0.968 bits per heavy atom. The predicted molar refractivity (Wildman–Crippen MR) is 133 cm³/mol. The topological polar surface area (TPSA) is 29.5 Å². The SMILES string of the molecule is CC(C)=CCC/C(C)=C/CCC1(C)C=Cc2c(O)cc(/C=C/c3ccccc3)cc2O1. The first kappa shape index (κ1) is 22.7. The van der Waals surface area contributed by atoms with Gasteiger partial charge in [0.25, 0.3) is 0 Å². The van der Waals surface area contributed by atoms with Gasteiger partial charge < -0.3 is 9.84 Å². The van der Waals surface area contributed by atoms with Gasteiger partial charge in [0.05, 0.1) is 5.56 Å². The number of benzene rings is 2. The molecule has 0 saturated heterocycles. The van der Waals surface area contributed by atoms with Crippen LogP contribution in [0.5, 0.6) is 11.5 Å². The van der Waals surface area contributed by atoms with E-state index in [1.807, 2.05) is 42.5 Å². The quantitative estimate of drug-likeness (QED) is 0.348.